The van der Waals surface area contributed by atoms with E-state index in [-0.39, 0.29) is 40.8 Å². The zero-order valence-electron chi connectivity index (χ0n) is 26.2. The number of carbonyl (C=O) groups is 2. The van der Waals surface area contributed by atoms with E-state index in [1.54, 1.807) is 30.3 Å². The number of ether oxygens (including phenoxy) is 1. The lowest BCUT2D eigenvalue weighted by Gasteiger charge is -2.19. The van der Waals surface area contributed by atoms with Crippen LogP contribution in [-0.2, 0) is 23.4 Å². The van der Waals surface area contributed by atoms with Gasteiger partial charge in [0.1, 0.15) is 22.5 Å². The lowest BCUT2D eigenvalue weighted by molar-refractivity contribution is 0.0946. The molecule has 5 aromatic rings. The molecule has 14 nitrogen and oxygen atoms in total. The minimum absolute atomic E-state index is 0.0650. The Hall–Kier alpha value is -5.88. The summed E-state index contributed by atoms with van der Waals surface area (Å²) in [6.07, 6.45) is 8.00. The standard InChI is InChI=1S/C34H29N7O7S/c1-40-29-23(16-37-18-28(29)48-19-34(9-10-34)49(46,47)24-6-7-24)13-26(32(40)44)31(43)39-41-27-17-36-11-8-22(27)12-25(33(41)45)30(42)38-15-21-4-2-20(14-35)3-5-21/h2-5,8,11-13,16-18,24H,6-7,9-10,15,19H2,1H3,(H,38,42)(H,39,43). The zero-order chi connectivity index (χ0) is 34.5. The van der Waals surface area contributed by atoms with Gasteiger partial charge in [0.15, 0.2) is 15.6 Å². The Morgan fingerprint density at radius 2 is 1.69 bits per heavy atom. The quantitative estimate of drug-likeness (QED) is 0.221. The second-order valence-electron chi connectivity index (χ2n) is 12.3. The molecule has 4 heterocycles. The van der Waals surface area contributed by atoms with E-state index in [1.807, 2.05) is 6.07 Å². The van der Waals surface area contributed by atoms with E-state index in [1.165, 1.54) is 48.5 Å². The Morgan fingerprint density at radius 3 is 2.39 bits per heavy atom. The fourth-order valence-electron chi connectivity index (χ4n) is 5.84. The van der Waals surface area contributed by atoms with Crippen molar-refractivity contribution in [3.05, 3.63) is 110 Å². The molecule has 0 bridgehead atoms. The number of aryl methyl sites for hydroxylation is 1. The summed E-state index contributed by atoms with van der Waals surface area (Å²) in [7, 11) is -1.87. The third-order valence-electron chi connectivity index (χ3n) is 8.99. The molecule has 2 N–H and O–H groups in total. The average molecular weight is 680 g/mol. The van der Waals surface area contributed by atoms with Crippen LogP contribution in [0.5, 0.6) is 5.75 Å². The van der Waals surface area contributed by atoms with Gasteiger partial charge in [-0.2, -0.15) is 5.26 Å². The van der Waals surface area contributed by atoms with Crippen molar-refractivity contribution < 1.29 is 22.7 Å². The summed E-state index contributed by atoms with van der Waals surface area (Å²) in [4.78, 5) is 62.3. The van der Waals surface area contributed by atoms with Gasteiger partial charge in [-0.05, 0) is 61.6 Å². The van der Waals surface area contributed by atoms with Gasteiger partial charge >= 0.3 is 0 Å². The van der Waals surface area contributed by atoms with Crippen LogP contribution < -0.4 is 26.6 Å². The van der Waals surface area contributed by atoms with Gasteiger partial charge < -0.3 is 14.6 Å². The van der Waals surface area contributed by atoms with Gasteiger partial charge in [-0.1, -0.05) is 12.1 Å². The molecule has 2 aliphatic carbocycles. The van der Waals surface area contributed by atoms with Crippen molar-refractivity contribution in [2.45, 2.75) is 42.2 Å². The molecule has 2 amide bonds. The second-order valence-corrected chi connectivity index (χ2v) is 14.9. The van der Waals surface area contributed by atoms with Crippen LogP contribution in [0, 0.1) is 11.3 Å². The van der Waals surface area contributed by atoms with Crippen LogP contribution in [0.1, 0.15) is 57.5 Å². The van der Waals surface area contributed by atoms with Crippen molar-refractivity contribution in [2.75, 3.05) is 12.0 Å². The Labute approximate surface area is 278 Å². The van der Waals surface area contributed by atoms with Crippen molar-refractivity contribution in [1.82, 2.24) is 24.5 Å². The number of hydrogen-bond donors (Lipinski definition) is 2. The molecule has 49 heavy (non-hydrogen) atoms. The first-order valence-corrected chi connectivity index (χ1v) is 17.0. The number of rotatable bonds is 10. The van der Waals surface area contributed by atoms with E-state index in [4.69, 9.17) is 10.00 Å². The van der Waals surface area contributed by atoms with E-state index < -0.39 is 37.5 Å². The van der Waals surface area contributed by atoms with E-state index >= 15 is 0 Å². The van der Waals surface area contributed by atoms with Crippen molar-refractivity contribution in [3.63, 3.8) is 0 Å². The monoisotopic (exact) mass is 679 g/mol. The number of nitrogens with zero attached hydrogens (tertiary/aromatic N) is 5. The molecule has 2 fully saturated rings. The SMILES string of the molecule is Cn1c(=O)c(C(=O)Nn2c(=O)c(C(=O)NCc3ccc(C#N)cc3)cc3ccncc32)cc2cncc(OCC3(S(=O)(=O)C4CC4)CC3)c21. The number of fused-ring (bicyclic) bond motifs is 2. The summed E-state index contributed by atoms with van der Waals surface area (Å²) in [5.74, 6) is -1.42. The third-order valence-corrected chi connectivity index (χ3v) is 12.1. The first-order valence-electron chi connectivity index (χ1n) is 15.5. The van der Waals surface area contributed by atoms with Crippen molar-refractivity contribution in [2.24, 2.45) is 7.05 Å². The van der Waals surface area contributed by atoms with Gasteiger partial charge in [0.2, 0.25) is 0 Å². The molecule has 1 aromatic carbocycles. The van der Waals surface area contributed by atoms with Crippen molar-refractivity contribution in [1.29, 1.82) is 5.26 Å². The minimum Gasteiger partial charge on any atom is -0.488 e. The number of amides is 2. The maximum atomic E-state index is 13.7. The van der Waals surface area contributed by atoms with Crippen LogP contribution in [0.25, 0.3) is 21.8 Å². The first-order chi connectivity index (χ1) is 23.5. The second kappa shape index (κ2) is 12.0. The normalized spacial score (nSPS) is 15.0. The van der Waals surface area contributed by atoms with Crippen LogP contribution in [0.15, 0.2) is 76.8 Å². The van der Waals surface area contributed by atoms with Gasteiger partial charge in [0.25, 0.3) is 22.9 Å². The molecule has 0 saturated heterocycles. The number of nitrogens with one attached hydrogen (secondary N) is 2. The number of pyridine rings is 4. The number of carbonyl (C=O) groups excluding carboxylic acids is 2. The van der Waals surface area contributed by atoms with Gasteiger partial charge in [0.05, 0.1) is 40.3 Å². The molecule has 4 aromatic heterocycles. The topological polar surface area (TPSA) is 195 Å². The van der Waals surface area contributed by atoms with Crippen LogP contribution >= 0.6 is 0 Å². The molecule has 0 aliphatic heterocycles. The van der Waals surface area contributed by atoms with Crippen LogP contribution in [-0.4, -0.2) is 56.0 Å². The van der Waals surface area contributed by atoms with Gasteiger partial charge in [-0.15, -0.1) is 0 Å². The summed E-state index contributed by atoms with van der Waals surface area (Å²) in [6, 6.07) is 12.9. The molecule has 0 radical (unpaired) electrons. The van der Waals surface area contributed by atoms with Gasteiger partial charge in [0, 0.05) is 36.8 Å². The molecule has 2 aliphatic rings. The minimum atomic E-state index is -3.32. The largest absolute Gasteiger partial charge is 0.488 e. The molecule has 248 valence electrons. The van der Waals surface area contributed by atoms with E-state index in [0.29, 0.717) is 53.1 Å². The van der Waals surface area contributed by atoms with Crippen LogP contribution in [0.3, 0.4) is 0 Å². The Bertz CT molecular complexity index is 2460. The number of nitriles is 1. The summed E-state index contributed by atoms with van der Waals surface area (Å²) < 4.78 is 33.1. The summed E-state index contributed by atoms with van der Waals surface area (Å²) in [6.45, 7) is 0.0133. The predicted molar refractivity (Wildman–Crippen MR) is 178 cm³/mol. The molecular formula is C34H29N7O7S. The smallest absolute Gasteiger partial charge is 0.282 e. The average Bonchev–Trinajstić information content (AvgIpc) is 4.04. The highest BCUT2D eigenvalue weighted by atomic mass is 32.2. The first kappa shape index (κ1) is 31.7. The van der Waals surface area contributed by atoms with Crippen LogP contribution in [0.4, 0.5) is 0 Å². The maximum absolute atomic E-state index is 13.7. The highest BCUT2D eigenvalue weighted by Crippen LogP contribution is 2.50. The Morgan fingerprint density at radius 1 is 0.980 bits per heavy atom. The fraction of sp³-hybridized carbons (Fsp3) is 0.265. The molecule has 0 atom stereocenters. The lowest BCUT2D eigenvalue weighted by Crippen LogP contribution is -2.40. The van der Waals surface area contributed by atoms with E-state index in [2.05, 4.69) is 20.7 Å². The van der Waals surface area contributed by atoms with Crippen molar-refractivity contribution >= 4 is 43.5 Å². The summed E-state index contributed by atoms with van der Waals surface area (Å²) in [5, 5.41) is 12.2. The number of benzene rings is 1. The van der Waals surface area contributed by atoms with Crippen molar-refractivity contribution in [3.8, 4) is 11.8 Å². The van der Waals surface area contributed by atoms with Gasteiger partial charge in [-0.25, -0.2) is 13.1 Å². The number of aromatic nitrogens is 4. The fourth-order valence-corrected chi connectivity index (χ4v) is 8.19. The van der Waals surface area contributed by atoms with Crippen LogP contribution in [0.2, 0.25) is 0 Å². The molecule has 7 rings (SSSR count). The number of sulfone groups is 1. The van der Waals surface area contributed by atoms with Gasteiger partial charge in [-0.3, -0.25) is 34.6 Å². The highest BCUT2D eigenvalue weighted by molar-refractivity contribution is 7.94. The Kier molecular flexibility index (Phi) is 7.75. The molecule has 15 heteroatoms. The Balaban J connectivity index is 1.17. The van der Waals surface area contributed by atoms with E-state index in [0.717, 1.165) is 4.68 Å². The highest BCUT2D eigenvalue weighted by Gasteiger charge is 2.60. The lowest BCUT2D eigenvalue weighted by atomic mass is 10.1. The summed E-state index contributed by atoms with van der Waals surface area (Å²) in [5.41, 5.74) is 2.01. The maximum Gasteiger partial charge on any atom is 0.282 e. The number of hydrogen-bond acceptors (Lipinski definition) is 10. The van der Waals surface area contributed by atoms with E-state index in [9.17, 15) is 27.6 Å². The third kappa shape index (κ3) is 5.69. The zero-order valence-corrected chi connectivity index (χ0v) is 27.0. The molecule has 0 unspecified atom stereocenters. The molecule has 2 saturated carbocycles. The molecular weight excluding hydrogens is 650 g/mol. The molecule has 0 spiro atoms. The summed E-state index contributed by atoms with van der Waals surface area (Å²) >= 11 is 0. The predicted octanol–water partition coefficient (Wildman–Crippen LogP) is 2.32.